The maximum Gasteiger partial charge on any atom is 0.259 e. The molecule has 0 saturated heterocycles. The standard InChI is InChI=1S/C19H23NO3S/c1-19(2,3)24(22)13-14-8-7-9-15(12-14)20-18(21)16-10-5-6-11-17(16)23-4/h5-12H,13H2,1-4H3,(H,20,21). The third-order valence-corrected chi connectivity index (χ3v) is 5.48. The van der Waals surface area contributed by atoms with Crippen molar-refractivity contribution in [2.75, 3.05) is 12.4 Å². The first-order valence-corrected chi connectivity index (χ1v) is 9.05. The van der Waals surface area contributed by atoms with Gasteiger partial charge in [-0.05, 0) is 50.6 Å². The van der Waals surface area contributed by atoms with Gasteiger partial charge in [0, 0.05) is 27.0 Å². The van der Waals surface area contributed by atoms with Crippen molar-refractivity contribution in [1.29, 1.82) is 0 Å². The van der Waals surface area contributed by atoms with Crippen molar-refractivity contribution < 1.29 is 13.7 Å². The second kappa shape index (κ2) is 7.62. The minimum atomic E-state index is -0.983. The van der Waals surface area contributed by atoms with Gasteiger partial charge in [0.05, 0.1) is 12.7 Å². The minimum Gasteiger partial charge on any atom is -0.496 e. The van der Waals surface area contributed by atoms with Crippen LogP contribution in [-0.2, 0) is 16.6 Å². The quantitative estimate of drug-likeness (QED) is 0.891. The predicted octanol–water partition coefficient (Wildman–Crippen LogP) is 3.99. The van der Waals surface area contributed by atoms with E-state index in [1.54, 1.807) is 18.2 Å². The van der Waals surface area contributed by atoms with Crippen molar-refractivity contribution in [2.24, 2.45) is 0 Å². The lowest BCUT2D eigenvalue weighted by atomic mass is 10.1. The van der Waals surface area contributed by atoms with E-state index in [1.165, 1.54) is 7.11 Å². The Morgan fingerprint density at radius 1 is 1.12 bits per heavy atom. The number of ether oxygens (including phenoxy) is 1. The average molecular weight is 345 g/mol. The Morgan fingerprint density at radius 3 is 2.50 bits per heavy atom. The molecule has 2 aromatic rings. The molecule has 0 spiro atoms. The highest BCUT2D eigenvalue weighted by molar-refractivity contribution is 7.85. The maximum atomic E-state index is 12.4. The zero-order chi connectivity index (χ0) is 17.7. The second-order valence-electron chi connectivity index (χ2n) is 6.46. The van der Waals surface area contributed by atoms with Gasteiger partial charge in [-0.2, -0.15) is 0 Å². The molecule has 0 aliphatic heterocycles. The molecular weight excluding hydrogens is 322 g/mol. The number of para-hydroxylation sites is 1. The highest BCUT2D eigenvalue weighted by Crippen LogP contribution is 2.21. The summed E-state index contributed by atoms with van der Waals surface area (Å²) in [6.07, 6.45) is 0. The van der Waals surface area contributed by atoms with E-state index in [1.807, 2.05) is 51.1 Å². The molecule has 128 valence electrons. The number of nitrogens with one attached hydrogen (secondary N) is 1. The molecule has 4 nitrogen and oxygen atoms in total. The Hall–Kier alpha value is -2.14. The highest BCUT2D eigenvalue weighted by Gasteiger charge is 2.19. The molecule has 0 aliphatic carbocycles. The lowest BCUT2D eigenvalue weighted by molar-refractivity contribution is 0.102. The third kappa shape index (κ3) is 4.68. The fourth-order valence-corrected chi connectivity index (χ4v) is 3.05. The molecule has 0 fully saturated rings. The molecule has 0 radical (unpaired) electrons. The summed E-state index contributed by atoms with van der Waals surface area (Å²) < 4.78 is 17.2. The lowest BCUT2D eigenvalue weighted by Gasteiger charge is -2.18. The van der Waals surface area contributed by atoms with Crippen LogP contribution in [0.25, 0.3) is 0 Å². The van der Waals surface area contributed by atoms with Crippen LogP contribution in [0.15, 0.2) is 48.5 Å². The molecule has 0 aromatic heterocycles. The number of hydrogen-bond donors (Lipinski definition) is 1. The Balaban J connectivity index is 2.15. The van der Waals surface area contributed by atoms with E-state index in [0.717, 1.165) is 5.56 Å². The van der Waals surface area contributed by atoms with Crippen molar-refractivity contribution >= 4 is 22.4 Å². The van der Waals surface area contributed by atoms with Crippen molar-refractivity contribution in [2.45, 2.75) is 31.3 Å². The van der Waals surface area contributed by atoms with Gasteiger partial charge in [0.25, 0.3) is 5.91 Å². The number of benzene rings is 2. The first-order chi connectivity index (χ1) is 11.3. The van der Waals surface area contributed by atoms with Crippen LogP contribution in [0.5, 0.6) is 5.75 Å². The van der Waals surface area contributed by atoms with E-state index < -0.39 is 10.8 Å². The molecule has 0 saturated carbocycles. The van der Waals surface area contributed by atoms with Gasteiger partial charge in [0.1, 0.15) is 5.75 Å². The van der Waals surface area contributed by atoms with Crippen LogP contribution in [0, 0.1) is 0 Å². The average Bonchev–Trinajstić information content (AvgIpc) is 2.54. The molecule has 0 aliphatic rings. The van der Waals surface area contributed by atoms with Crippen molar-refractivity contribution in [3.05, 3.63) is 59.7 Å². The number of anilines is 1. The van der Waals surface area contributed by atoms with Gasteiger partial charge in [-0.15, -0.1) is 0 Å². The molecular formula is C19H23NO3S. The van der Waals surface area contributed by atoms with E-state index in [0.29, 0.717) is 22.8 Å². The number of rotatable bonds is 5. The van der Waals surface area contributed by atoms with Gasteiger partial charge >= 0.3 is 0 Å². The molecule has 0 heterocycles. The van der Waals surface area contributed by atoms with E-state index in [-0.39, 0.29) is 10.7 Å². The summed E-state index contributed by atoms with van der Waals surface area (Å²) in [5.41, 5.74) is 2.08. The Bertz CT molecular complexity index is 750. The molecule has 1 unspecified atom stereocenters. The number of carbonyl (C=O) groups is 1. The van der Waals surface area contributed by atoms with E-state index in [4.69, 9.17) is 4.74 Å². The van der Waals surface area contributed by atoms with Crippen LogP contribution in [0.3, 0.4) is 0 Å². The largest absolute Gasteiger partial charge is 0.496 e. The summed E-state index contributed by atoms with van der Waals surface area (Å²) in [5, 5.41) is 2.87. The first kappa shape index (κ1) is 18.2. The molecule has 2 aromatic carbocycles. The number of amides is 1. The smallest absolute Gasteiger partial charge is 0.259 e. The van der Waals surface area contributed by atoms with Gasteiger partial charge in [-0.25, -0.2) is 0 Å². The summed E-state index contributed by atoms with van der Waals surface area (Å²) in [6.45, 7) is 5.86. The number of carbonyl (C=O) groups excluding carboxylic acids is 1. The monoisotopic (exact) mass is 345 g/mol. The normalized spacial score (nSPS) is 12.5. The zero-order valence-electron chi connectivity index (χ0n) is 14.5. The molecule has 1 amide bonds. The van der Waals surface area contributed by atoms with Gasteiger partial charge < -0.3 is 10.1 Å². The highest BCUT2D eigenvalue weighted by atomic mass is 32.2. The molecule has 0 bridgehead atoms. The summed E-state index contributed by atoms with van der Waals surface area (Å²) in [4.78, 5) is 12.4. The third-order valence-electron chi connectivity index (χ3n) is 3.52. The summed E-state index contributed by atoms with van der Waals surface area (Å²) in [6, 6.07) is 14.5. The SMILES string of the molecule is COc1ccccc1C(=O)Nc1cccc(CS(=O)C(C)(C)C)c1. The van der Waals surface area contributed by atoms with Crippen LogP contribution < -0.4 is 10.1 Å². The van der Waals surface area contributed by atoms with Crippen molar-refractivity contribution in [3.8, 4) is 5.75 Å². The summed E-state index contributed by atoms with van der Waals surface area (Å²) >= 11 is 0. The second-order valence-corrected chi connectivity index (χ2v) is 8.66. The molecule has 2 rings (SSSR count). The van der Waals surface area contributed by atoms with E-state index in [9.17, 15) is 9.00 Å². The van der Waals surface area contributed by atoms with Crippen LogP contribution in [0.1, 0.15) is 36.7 Å². The van der Waals surface area contributed by atoms with Gasteiger partial charge in [-0.1, -0.05) is 24.3 Å². The van der Waals surface area contributed by atoms with Gasteiger partial charge in [0.15, 0.2) is 0 Å². The molecule has 1 N–H and O–H groups in total. The zero-order valence-corrected chi connectivity index (χ0v) is 15.3. The Kier molecular flexibility index (Phi) is 5.78. The first-order valence-electron chi connectivity index (χ1n) is 7.73. The topological polar surface area (TPSA) is 55.4 Å². The summed E-state index contributed by atoms with van der Waals surface area (Å²) in [7, 11) is 0.553. The minimum absolute atomic E-state index is 0.235. The predicted molar refractivity (Wildman–Crippen MR) is 99.0 cm³/mol. The van der Waals surface area contributed by atoms with Gasteiger partial charge in [-0.3, -0.25) is 9.00 Å². The Morgan fingerprint density at radius 2 is 1.83 bits per heavy atom. The summed E-state index contributed by atoms with van der Waals surface area (Å²) in [5.74, 6) is 0.753. The fraction of sp³-hybridized carbons (Fsp3) is 0.316. The number of methoxy groups -OCH3 is 1. The molecule has 24 heavy (non-hydrogen) atoms. The van der Waals surface area contributed by atoms with Crippen molar-refractivity contribution in [1.82, 2.24) is 0 Å². The van der Waals surface area contributed by atoms with Crippen LogP contribution in [-0.4, -0.2) is 22.0 Å². The van der Waals surface area contributed by atoms with Crippen LogP contribution in [0.2, 0.25) is 0 Å². The maximum absolute atomic E-state index is 12.4. The molecule has 5 heteroatoms. The Labute approximate surface area is 145 Å². The van der Waals surface area contributed by atoms with Crippen molar-refractivity contribution in [3.63, 3.8) is 0 Å². The van der Waals surface area contributed by atoms with E-state index >= 15 is 0 Å². The van der Waals surface area contributed by atoms with E-state index in [2.05, 4.69) is 5.32 Å². The van der Waals surface area contributed by atoms with Crippen LogP contribution in [0.4, 0.5) is 5.69 Å². The fourth-order valence-electron chi connectivity index (χ4n) is 2.14. The van der Waals surface area contributed by atoms with Gasteiger partial charge in [0.2, 0.25) is 0 Å². The van der Waals surface area contributed by atoms with Crippen LogP contribution >= 0.6 is 0 Å². The lowest BCUT2D eigenvalue weighted by Crippen LogP contribution is -2.23. The molecule has 1 atom stereocenters. The number of hydrogen-bond acceptors (Lipinski definition) is 3.